The second-order valence-corrected chi connectivity index (χ2v) is 6.70. The Morgan fingerprint density at radius 2 is 1.92 bits per heavy atom. The number of aliphatic imine (C=N–C) groups is 1. The molecule has 1 heterocycles. The highest BCUT2D eigenvalue weighted by atomic mass is 127. The summed E-state index contributed by atoms with van der Waals surface area (Å²) in [5, 5.41) is 11.5. The van der Waals surface area contributed by atoms with Gasteiger partial charge in [-0.3, -0.25) is 0 Å². The number of nitrogens with one attached hydrogen (secondary N) is 2. The van der Waals surface area contributed by atoms with E-state index < -0.39 is 10.0 Å². The Morgan fingerprint density at radius 1 is 1.20 bits per heavy atom. The Kier molecular flexibility index (Phi) is 8.93. The van der Waals surface area contributed by atoms with Gasteiger partial charge in [-0.15, -0.1) is 24.0 Å². The molecule has 1 aromatic heterocycles. The van der Waals surface area contributed by atoms with Gasteiger partial charge < -0.3 is 15.1 Å². The molecule has 0 saturated heterocycles. The molecule has 0 aliphatic carbocycles. The molecule has 4 N–H and O–H groups in total. The third kappa shape index (κ3) is 7.45. The number of nitrogens with two attached hydrogens (primary N) is 1. The first-order chi connectivity index (χ1) is 11.5. The molecular formula is C16H23IN4O3S. The molecule has 0 saturated carbocycles. The molecule has 0 amide bonds. The first-order valence-corrected chi connectivity index (χ1v) is 9.20. The Balaban J connectivity index is 0.00000312. The maximum atomic E-state index is 11.2. The second-order valence-electron chi connectivity index (χ2n) is 5.14. The van der Waals surface area contributed by atoms with Crippen molar-refractivity contribution in [1.82, 2.24) is 10.6 Å². The second kappa shape index (κ2) is 10.4. The third-order valence-corrected chi connectivity index (χ3v) is 4.20. The van der Waals surface area contributed by atoms with Crippen molar-refractivity contribution in [3.8, 4) is 0 Å². The van der Waals surface area contributed by atoms with Crippen LogP contribution in [0, 0.1) is 0 Å². The lowest BCUT2D eigenvalue weighted by Crippen LogP contribution is -2.38. The highest BCUT2D eigenvalue weighted by Crippen LogP contribution is 2.09. The summed E-state index contributed by atoms with van der Waals surface area (Å²) in [4.78, 5) is 4.56. The number of rotatable bonds is 7. The van der Waals surface area contributed by atoms with E-state index in [9.17, 15) is 8.42 Å². The van der Waals surface area contributed by atoms with Gasteiger partial charge in [0.15, 0.2) is 5.96 Å². The van der Waals surface area contributed by atoms with Crippen molar-refractivity contribution in [3.63, 3.8) is 0 Å². The van der Waals surface area contributed by atoms with Crippen LogP contribution in [0.2, 0.25) is 0 Å². The molecule has 0 unspecified atom stereocenters. The monoisotopic (exact) mass is 478 g/mol. The predicted octanol–water partition coefficient (Wildman–Crippen LogP) is 1.84. The van der Waals surface area contributed by atoms with Gasteiger partial charge in [0.2, 0.25) is 10.0 Å². The summed E-state index contributed by atoms with van der Waals surface area (Å²) in [5.41, 5.74) is 1.01. The standard InChI is InChI=1S/C16H22N4O3S.HI/c1-2-18-16(20-12-14-4-3-11-23-14)19-10-9-13-5-7-15(8-6-13)24(17,21)22;/h3-8,11H,2,9-10,12H2,1H3,(H2,17,21,22)(H2,18,19,20);1H. The largest absolute Gasteiger partial charge is 0.467 e. The summed E-state index contributed by atoms with van der Waals surface area (Å²) in [6.07, 6.45) is 2.35. The number of benzene rings is 1. The molecule has 0 spiro atoms. The molecular weight excluding hydrogens is 455 g/mol. The van der Waals surface area contributed by atoms with Crippen LogP contribution in [0.5, 0.6) is 0 Å². The summed E-state index contributed by atoms with van der Waals surface area (Å²) in [6, 6.07) is 10.3. The van der Waals surface area contributed by atoms with E-state index in [1.807, 2.05) is 19.1 Å². The van der Waals surface area contributed by atoms with E-state index in [2.05, 4.69) is 15.6 Å². The molecule has 138 valence electrons. The van der Waals surface area contributed by atoms with Gasteiger partial charge in [-0.1, -0.05) is 12.1 Å². The van der Waals surface area contributed by atoms with Crippen molar-refractivity contribution in [1.29, 1.82) is 0 Å². The normalized spacial score (nSPS) is 11.7. The minimum absolute atomic E-state index is 0. The number of nitrogens with zero attached hydrogens (tertiary/aromatic N) is 1. The lowest BCUT2D eigenvalue weighted by atomic mass is 10.1. The molecule has 0 bridgehead atoms. The van der Waals surface area contributed by atoms with Gasteiger partial charge in [-0.25, -0.2) is 18.5 Å². The third-order valence-electron chi connectivity index (χ3n) is 3.28. The Hall–Kier alpha value is -1.59. The van der Waals surface area contributed by atoms with Crippen LogP contribution in [0.1, 0.15) is 18.2 Å². The van der Waals surface area contributed by atoms with Crippen molar-refractivity contribution < 1.29 is 12.8 Å². The number of guanidine groups is 1. The van der Waals surface area contributed by atoms with Gasteiger partial charge in [-0.05, 0) is 43.2 Å². The van der Waals surface area contributed by atoms with Crippen LogP contribution in [0.15, 0.2) is 57.0 Å². The molecule has 0 radical (unpaired) electrons. The van der Waals surface area contributed by atoms with E-state index in [0.29, 0.717) is 19.0 Å². The van der Waals surface area contributed by atoms with Gasteiger partial charge in [-0.2, -0.15) is 0 Å². The van der Waals surface area contributed by atoms with Crippen molar-refractivity contribution in [2.75, 3.05) is 13.1 Å². The number of primary sulfonamides is 1. The summed E-state index contributed by atoms with van der Waals surface area (Å²) in [7, 11) is -3.64. The van der Waals surface area contributed by atoms with Crippen LogP contribution in [0.3, 0.4) is 0 Å². The molecule has 0 aliphatic rings. The van der Waals surface area contributed by atoms with E-state index in [1.165, 1.54) is 12.1 Å². The SMILES string of the molecule is CCNC(=NCc1ccco1)NCCc1ccc(S(N)(=O)=O)cc1.I. The number of hydrogen-bond donors (Lipinski definition) is 3. The maximum absolute atomic E-state index is 11.2. The van der Waals surface area contributed by atoms with Crippen LogP contribution >= 0.6 is 24.0 Å². The summed E-state index contributed by atoms with van der Waals surface area (Å²) in [5.74, 6) is 1.50. The van der Waals surface area contributed by atoms with Gasteiger partial charge in [0, 0.05) is 13.1 Å². The summed E-state index contributed by atoms with van der Waals surface area (Å²) < 4.78 is 27.7. The topological polar surface area (TPSA) is 110 Å². The average molecular weight is 478 g/mol. The zero-order valence-electron chi connectivity index (χ0n) is 13.9. The van der Waals surface area contributed by atoms with Crippen LogP contribution < -0.4 is 15.8 Å². The molecule has 1 aromatic carbocycles. The van der Waals surface area contributed by atoms with Crippen LogP contribution in [0.4, 0.5) is 0 Å². The molecule has 2 aromatic rings. The average Bonchev–Trinajstić information content (AvgIpc) is 3.05. The lowest BCUT2D eigenvalue weighted by molar-refractivity contribution is 0.512. The number of sulfonamides is 1. The lowest BCUT2D eigenvalue weighted by Gasteiger charge is -2.11. The van der Waals surface area contributed by atoms with E-state index >= 15 is 0 Å². The fourth-order valence-corrected chi connectivity index (χ4v) is 2.59. The Labute approximate surface area is 165 Å². The highest BCUT2D eigenvalue weighted by molar-refractivity contribution is 14.0. The number of furan rings is 1. The number of halogens is 1. The molecule has 25 heavy (non-hydrogen) atoms. The van der Waals surface area contributed by atoms with Crippen molar-refractivity contribution >= 4 is 40.0 Å². The fraction of sp³-hybridized carbons (Fsp3) is 0.312. The van der Waals surface area contributed by atoms with E-state index in [0.717, 1.165) is 24.3 Å². The van der Waals surface area contributed by atoms with Crippen molar-refractivity contribution in [2.24, 2.45) is 10.1 Å². The van der Waals surface area contributed by atoms with Crippen LogP contribution in [0.25, 0.3) is 0 Å². The predicted molar refractivity (Wildman–Crippen MR) is 108 cm³/mol. The summed E-state index contributed by atoms with van der Waals surface area (Å²) >= 11 is 0. The Bertz CT molecular complexity index is 759. The maximum Gasteiger partial charge on any atom is 0.238 e. The van der Waals surface area contributed by atoms with E-state index in [-0.39, 0.29) is 28.9 Å². The first kappa shape index (κ1) is 21.5. The van der Waals surface area contributed by atoms with Crippen LogP contribution in [-0.2, 0) is 23.0 Å². The fourth-order valence-electron chi connectivity index (χ4n) is 2.07. The minimum atomic E-state index is -3.64. The van der Waals surface area contributed by atoms with Crippen molar-refractivity contribution in [2.45, 2.75) is 24.8 Å². The molecule has 0 fully saturated rings. The first-order valence-electron chi connectivity index (χ1n) is 7.65. The zero-order chi connectivity index (χ0) is 17.4. The molecule has 0 atom stereocenters. The molecule has 9 heteroatoms. The number of hydrogen-bond acceptors (Lipinski definition) is 4. The van der Waals surface area contributed by atoms with Crippen molar-refractivity contribution in [3.05, 3.63) is 54.0 Å². The van der Waals surface area contributed by atoms with E-state index in [4.69, 9.17) is 9.56 Å². The Morgan fingerprint density at radius 3 is 2.48 bits per heavy atom. The molecule has 2 rings (SSSR count). The zero-order valence-corrected chi connectivity index (χ0v) is 17.1. The smallest absolute Gasteiger partial charge is 0.238 e. The van der Waals surface area contributed by atoms with Crippen LogP contribution in [-0.4, -0.2) is 27.5 Å². The quantitative estimate of drug-likeness (QED) is 0.320. The molecule has 7 nitrogen and oxygen atoms in total. The molecule has 0 aliphatic heterocycles. The van der Waals surface area contributed by atoms with Gasteiger partial charge in [0.25, 0.3) is 0 Å². The van der Waals surface area contributed by atoms with Gasteiger partial charge in [0.1, 0.15) is 12.3 Å². The van der Waals surface area contributed by atoms with Gasteiger partial charge >= 0.3 is 0 Å². The van der Waals surface area contributed by atoms with Gasteiger partial charge in [0.05, 0.1) is 11.2 Å². The summed E-state index contributed by atoms with van der Waals surface area (Å²) in [6.45, 7) is 3.88. The van der Waals surface area contributed by atoms with E-state index in [1.54, 1.807) is 18.4 Å². The minimum Gasteiger partial charge on any atom is -0.467 e. The highest BCUT2D eigenvalue weighted by Gasteiger charge is 2.06.